The van der Waals surface area contributed by atoms with Gasteiger partial charge in [-0.25, -0.2) is 4.79 Å². The summed E-state index contributed by atoms with van der Waals surface area (Å²) < 4.78 is 10.8. The van der Waals surface area contributed by atoms with Crippen LogP contribution < -0.4 is 15.8 Å². The number of esters is 1. The number of rotatable bonds is 5. The summed E-state index contributed by atoms with van der Waals surface area (Å²) in [7, 11) is 1.23. The monoisotopic (exact) mass is 512 g/mol. The number of para-hydroxylation sites is 2. The van der Waals surface area contributed by atoms with Gasteiger partial charge in [-0.2, -0.15) is 15.2 Å². The van der Waals surface area contributed by atoms with Gasteiger partial charge in [-0.1, -0.05) is 48.0 Å². The SMILES string of the molecule is COC(=O)C1=NN(c2ccccc2)C(=O)/C1=C\c1coc2cc(C)c(Cl)cc2/c1=N\Nc1ccccc1. The number of nitrogens with one attached hydrogen (secondary N) is 1. The highest BCUT2D eigenvalue weighted by atomic mass is 35.5. The highest BCUT2D eigenvalue weighted by molar-refractivity contribution is 6.54. The maximum absolute atomic E-state index is 13.4. The standard InChI is InChI=1S/C28H21ClN4O4/c1-17-13-24-21(15-23(17)29)25(31-30-19-9-5-3-6-10-19)18(16-37-24)14-22-26(28(35)36-2)32-33(27(22)34)20-11-7-4-8-12-20/h3-16,30H,1-2H3/b22-14-,31-25-. The fourth-order valence-corrected chi connectivity index (χ4v) is 3.99. The van der Waals surface area contributed by atoms with Crippen LogP contribution in [0.25, 0.3) is 17.0 Å². The Balaban J connectivity index is 1.70. The van der Waals surface area contributed by atoms with Crippen LogP contribution in [0.1, 0.15) is 11.1 Å². The molecule has 1 aliphatic rings. The number of amides is 1. The van der Waals surface area contributed by atoms with Gasteiger partial charge in [0.15, 0.2) is 5.71 Å². The Hall–Kier alpha value is -4.69. The third-order valence-corrected chi connectivity index (χ3v) is 6.14. The third-order valence-electron chi connectivity index (χ3n) is 5.73. The van der Waals surface area contributed by atoms with Gasteiger partial charge in [0.1, 0.15) is 17.2 Å². The van der Waals surface area contributed by atoms with Gasteiger partial charge in [-0.3, -0.25) is 10.2 Å². The molecule has 0 fully saturated rings. The van der Waals surface area contributed by atoms with E-state index < -0.39 is 11.9 Å². The van der Waals surface area contributed by atoms with Crippen molar-refractivity contribution in [3.8, 4) is 0 Å². The van der Waals surface area contributed by atoms with Gasteiger partial charge in [0.25, 0.3) is 5.91 Å². The van der Waals surface area contributed by atoms with Crippen LogP contribution in [-0.2, 0) is 14.3 Å². The Morgan fingerprint density at radius 3 is 2.51 bits per heavy atom. The normalized spacial score (nSPS) is 14.8. The number of fused-ring (bicyclic) bond motifs is 1. The number of methoxy groups -OCH3 is 1. The minimum atomic E-state index is -0.740. The Labute approximate surface area is 217 Å². The average molecular weight is 513 g/mol. The molecule has 5 rings (SSSR count). The molecule has 0 bridgehead atoms. The smallest absolute Gasteiger partial charge is 0.359 e. The zero-order chi connectivity index (χ0) is 25.9. The van der Waals surface area contributed by atoms with E-state index >= 15 is 0 Å². The molecule has 0 saturated heterocycles. The number of carbonyl (C=O) groups is 2. The highest BCUT2D eigenvalue weighted by Gasteiger charge is 2.36. The quantitative estimate of drug-likeness (QED) is 0.223. The predicted octanol–water partition coefficient (Wildman–Crippen LogP) is 5.28. The first-order chi connectivity index (χ1) is 18.0. The van der Waals surface area contributed by atoms with E-state index in [-0.39, 0.29) is 11.3 Å². The molecule has 1 aromatic heterocycles. The lowest BCUT2D eigenvalue weighted by molar-refractivity contribution is -0.132. The number of aryl methyl sites for hydroxylation is 1. The van der Waals surface area contributed by atoms with Gasteiger partial charge in [-0.05, 0) is 55.0 Å². The van der Waals surface area contributed by atoms with Crippen molar-refractivity contribution in [1.82, 2.24) is 0 Å². The molecule has 184 valence electrons. The zero-order valence-electron chi connectivity index (χ0n) is 19.9. The first-order valence-corrected chi connectivity index (χ1v) is 11.7. The van der Waals surface area contributed by atoms with E-state index in [1.54, 1.807) is 30.3 Å². The lowest BCUT2D eigenvalue weighted by Crippen LogP contribution is -2.23. The fraction of sp³-hybridized carbons (Fsp3) is 0.0714. The van der Waals surface area contributed by atoms with Gasteiger partial charge < -0.3 is 9.15 Å². The van der Waals surface area contributed by atoms with Crippen LogP contribution >= 0.6 is 11.6 Å². The number of hydrazone groups is 1. The molecule has 1 N–H and O–H groups in total. The number of carbonyl (C=O) groups excluding carboxylic acids is 2. The van der Waals surface area contributed by atoms with Gasteiger partial charge in [-0.15, -0.1) is 0 Å². The fourth-order valence-electron chi connectivity index (χ4n) is 3.83. The van der Waals surface area contributed by atoms with Crippen LogP contribution in [0, 0.1) is 6.92 Å². The van der Waals surface area contributed by atoms with Crippen molar-refractivity contribution in [2.24, 2.45) is 10.2 Å². The molecule has 1 amide bonds. The Morgan fingerprint density at radius 1 is 1.11 bits per heavy atom. The Kier molecular flexibility index (Phi) is 6.57. The van der Waals surface area contributed by atoms with E-state index in [4.69, 9.17) is 20.8 Å². The Morgan fingerprint density at radius 2 is 1.81 bits per heavy atom. The molecule has 0 aliphatic carbocycles. The van der Waals surface area contributed by atoms with E-state index in [9.17, 15) is 9.59 Å². The average Bonchev–Trinajstić information content (AvgIpc) is 3.25. The van der Waals surface area contributed by atoms with Gasteiger partial charge in [0.2, 0.25) is 0 Å². The topological polar surface area (TPSA) is 96.5 Å². The van der Waals surface area contributed by atoms with Crippen LogP contribution in [0.4, 0.5) is 11.4 Å². The second kappa shape index (κ2) is 10.1. The van der Waals surface area contributed by atoms with E-state index in [0.29, 0.717) is 32.6 Å². The van der Waals surface area contributed by atoms with Crippen LogP contribution in [0.15, 0.2) is 99.3 Å². The van der Waals surface area contributed by atoms with Crippen molar-refractivity contribution in [1.29, 1.82) is 0 Å². The Bertz CT molecular complexity index is 1640. The molecular formula is C28H21ClN4O4. The summed E-state index contributed by atoms with van der Waals surface area (Å²) in [6, 6.07) is 21.8. The minimum absolute atomic E-state index is 0.0413. The summed E-state index contributed by atoms with van der Waals surface area (Å²) in [6.45, 7) is 1.88. The van der Waals surface area contributed by atoms with Crippen molar-refractivity contribution >= 4 is 57.6 Å². The van der Waals surface area contributed by atoms with Gasteiger partial charge in [0, 0.05) is 16.0 Å². The van der Waals surface area contributed by atoms with E-state index in [2.05, 4.69) is 15.6 Å². The molecule has 0 unspecified atom stereocenters. The molecule has 37 heavy (non-hydrogen) atoms. The molecule has 1 aliphatic heterocycles. The largest absolute Gasteiger partial charge is 0.464 e. The maximum Gasteiger partial charge on any atom is 0.359 e. The maximum atomic E-state index is 13.4. The van der Waals surface area contributed by atoms with E-state index in [1.807, 2.05) is 49.4 Å². The van der Waals surface area contributed by atoms with Crippen molar-refractivity contribution in [2.45, 2.75) is 6.92 Å². The molecule has 2 heterocycles. The number of benzene rings is 3. The van der Waals surface area contributed by atoms with E-state index in [1.165, 1.54) is 19.4 Å². The van der Waals surface area contributed by atoms with E-state index in [0.717, 1.165) is 16.3 Å². The van der Waals surface area contributed by atoms with Crippen molar-refractivity contribution in [2.75, 3.05) is 17.5 Å². The first kappa shape index (κ1) is 24.0. The summed E-state index contributed by atoms with van der Waals surface area (Å²) in [4.78, 5) is 26.0. The first-order valence-electron chi connectivity index (χ1n) is 11.3. The molecule has 3 aromatic carbocycles. The van der Waals surface area contributed by atoms with Crippen molar-refractivity contribution < 1.29 is 18.7 Å². The summed E-state index contributed by atoms with van der Waals surface area (Å²) in [6.07, 6.45) is 2.99. The number of anilines is 2. The lowest BCUT2D eigenvalue weighted by Gasteiger charge is -2.11. The van der Waals surface area contributed by atoms with Gasteiger partial charge >= 0.3 is 5.97 Å². The minimum Gasteiger partial charge on any atom is -0.464 e. The highest BCUT2D eigenvalue weighted by Crippen LogP contribution is 2.26. The summed E-state index contributed by atoms with van der Waals surface area (Å²) in [5.74, 6) is -1.23. The second-order valence-corrected chi connectivity index (χ2v) is 8.58. The molecule has 0 atom stereocenters. The van der Waals surface area contributed by atoms with Crippen LogP contribution in [0.5, 0.6) is 0 Å². The molecule has 4 aromatic rings. The predicted molar refractivity (Wildman–Crippen MR) is 143 cm³/mol. The van der Waals surface area contributed by atoms with Crippen LogP contribution in [0.2, 0.25) is 5.02 Å². The molecular weight excluding hydrogens is 492 g/mol. The van der Waals surface area contributed by atoms with Crippen LogP contribution in [0.3, 0.4) is 0 Å². The van der Waals surface area contributed by atoms with Gasteiger partial charge in [0.05, 0.1) is 24.1 Å². The number of hydrogen-bond donors (Lipinski definition) is 1. The number of hydrogen-bond acceptors (Lipinski definition) is 7. The molecule has 0 saturated carbocycles. The summed E-state index contributed by atoms with van der Waals surface area (Å²) in [5.41, 5.74) is 6.07. The molecule has 0 spiro atoms. The number of halogens is 1. The molecule has 8 nitrogen and oxygen atoms in total. The van der Waals surface area contributed by atoms with Crippen molar-refractivity contribution in [3.05, 3.63) is 106 Å². The zero-order valence-corrected chi connectivity index (χ0v) is 20.7. The lowest BCUT2D eigenvalue weighted by atomic mass is 10.0. The van der Waals surface area contributed by atoms with Crippen LogP contribution in [-0.4, -0.2) is 24.7 Å². The third kappa shape index (κ3) is 4.74. The molecule has 0 radical (unpaired) electrons. The summed E-state index contributed by atoms with van der Waals surface area (Å²) >= 11 is 6.43. The molecule has 9 heteroatoms. The second-order valence-electron chi connectivity index (χ2n) is 8.18. The van der Waals surface area contributed by atoms with Crippen molar-refractivity contribution in [3.63, 3.8) is 0 Å². The number of nitrogens with zero attached hydrogens (tertiary/aromatic N) is 3. The summed E-state index contributed by atoms with van der Waals surface area (Å²) in [5, 5.41) is 11.7. The number of ether oxygens (including phenoxy) is 1.